The van der Waals surface area contributed by atoms with Crippen LogP contribution in [0, 0.1) is 0 Å². The number of pyridine rings is 1. The van der Waals surface area contributed by atoms with Crippen molar-refractivity contribution >= 4 is 12.0 Å². The number of hydrogen-bond acceptors (Lipinski definition) is 5. The van der Waals surface area contributed by atoms with Gasteiger partial charge in [-0.2, -0.15) is 0 Å². The first-order valence-corrected chi connectivity index (χ1v) is 9.23. The van der Waals surface area contributed by atoms with Gasteiger partial charge in [0.1, 0.15) is 12.4 Å². The number of benzene rings is 2. The van der Waals surface area contributed by atoms with Gasteiger partial charge in [0.2, 0.25) is 12.7 Å². The molecule has 29 heavy (non-hydrogen) atoms. The van der Waals surface area contributed by atoms with Crippen molar-refractivity contribution in [1.29, 1.82) is 0 Å². The third-order valence-electron chi connectivity index (χ3n) is 4.32. The predicted octanol–water partition coefficient (Wildman–Crippen LogP) is 3.72. The maximum atomic E-state index is 12.1. The van der Waals surface area contributed by atoms with Gasteiger partial charge >= 0.3 is 0 Å². The highest BCUT2D eigenvalue weighted by atomic mass is 16.7. The number of nitrogens with one attached hydrogen (secondary N) is 1. The predicted molar refractivity (Wildman–Crippen MR) is 108 cm³/mol. The van der Waals surface area contributed by atoms with Crippen LogP contribution in [0.2, 0.25) is 0 Å². The molecule has 0 bridgehead atoms. The lowest BCUT2D eigenvalue weighted by Crippen LogP contribution is -2.20. The molecular weight excluding hydrogens is 368 g/mol. The molecule has 0 saturated heterocycles. The molecule has 0 unspecified atom stereocenters. The summed E-state index contributed by atoms with van der Waals surface area (Å²) >= 11 is 0. The normalized spacial score (nSPS) is 12.1. The van der Waals surface area contributed by atoms with Gasteiger partial charge in [0.15, 0.2) is 11.5 Å². The van der Waals surface area contributed by atoms with E-state index in [1.54, 1.807) is 12.3 Å². The van der Waals surface area contributed by atoms with Crippen LogP contribution < -0.4 is 19.5 Å². The highest BCUT2D eigenvalue weighted by Gasteiger charge is 2.13. The number of rotatable bonds is 7. The summed E-state index contributed by atoms with van der Waals surface area (Å²) in [5, 5.41) is 2.86. The summed E-state index contributed by atoms with van der Waals surface area (Å²) in [6, 6.07) is 18.9. The molecule has 1 aliphatic rings. The first-order chi connectivity index (χ1) is 14.3. The van der Waals surface area contributed by atoms with Crippen LogP contribution in [-0.2, 0) is 17.9 Å². The van der Waals surface area contributed by atoms with Crippen molar-refractivity contribution in [1.82, 2.24) is 10.3 Å². The van der Waals surface area contributed by atoms with Crippen molar-refractivity contribution in [2.45, 2.75) is 13.2 Å². The molecule has 6 heteroatoms. The fraction of sp³-hybridized carbons (Fsp3) is 0.130. The van der Waals surface area contributed by atoms with E-state index >= 15 is 0 Å². The molecule has 2 heterocycles. The highest BCUT2D eigenvalue weighted by molar-refractivity contribution is 5.91. The number of fused-ring (bicyclic) bond motifs is 1. The summed E-state index contributed by atoms with van der Waals surface area (Å²) in [6.07, 6.45) is 5.01. The molecule has 3 aromatic rings. The Bertz CT molecular complexity index is 1000. The lowest BCUT2D eigenvalue weighted by atomic mass is 10.2. The number of amides is 1. The average molecular weight is 388 g/mol. The van der Waals surface area contributed by atoms with Gasteiger partial charge in [-0.25, -0.2) is 0 Å². The fourth-order valence-electron chi connectivity index (χ4n) is 2.79. The molecule has 0 saturated carbocycles. The second kappa shape index (κ2) is 8.93. The van der Waals surface area contributed by atoms with Crippen LogP contribution in [0.25, 0.3) is 6.08 Å². The van der Waals surface area contributed by atoms with Crippen LogP contribution in [0.3, 0.4) is 0 Å². The zero-order valence-electron chi connectivity index (χ0n) is 15.7. The van der Waals surface area contributed by atoms with Crippen molar-refractivity contribution in [3.63, 3.8) is 0 Å². The Hall–Kier alpha value is -3.80. The zero-order chi connectivity index (χ0) is 19.9. The first kappa shape index (κ1) is 18.6. The second-order valence-electron chi connectivity index (χ2n) is 6.42. The number of carbonyl (C=O) groups is 1. The Labute approximate surface area is 168 Å². The third kappa shape index (κ3) is 5.13. The number of nitrogens with zero attached hydrogens (tertiary/aromatic N) is 1. The molecule has 146 valence electrons. The summed E-state index contributed by atoms with van der Waals surface area (Å²) in [4.78, 5) is 16.3. The maximum absolute atomic E-state index is 12.1. The van der Waals surface area contributed by atoms with Crippen molar-refractivity contribution < 1.29 is 19.0 Å². The van der Waals surface area contributed by atoms with Crippen LogP contribution in [0.15, 0.2) is 72.9 Å². The number of ether oxygens (including phenoxy) is 3. The lowest BCUT2D eigenvalue weighted by Gasteiger charge is -2.06. The Balaban J connectivity index is 1.25. The fourth-order valence-corrected chi connectivity index (χ4v) is 2.79. The van der Waals surface area contributed by atoms with Crippen LogP contribution in [0.1, 0.15) is 16.8 Å². The molecule has 0 spiro atoms. The van der Waals surface area contributed by atoms with Gasteiger partial charge in [0.25, 0.3) is 0 Å². The smallest absolute Gasteiger partial charge is 0.244 e. The maximum Gasteiger partial charge on any atom is 0.244 e. The summed E-state index contributed by atoms with van der Waals surface area (Å²) in [5.74, 6) is 2.02. The van der Waals surface area contributed by atoms with Crippen LogP contribution in [0.4, 0.5) is 0 Å². The molecule has 2 aromatic carbocycles. The van der Waals surface area contributed by atoms with E-state index in [4.69, 9.17) is 14.2 Å². The summed E-state index contributed by atoms with van der Waals surface area (Å²) < 4.78 is 16.3. The first-order valence-electron chi connectivity index (χ1n) is 9.23. The minimum atomic E-state index is -0.168. The quantitative estimate of drug-likeness (QED) is 0.625. The van der Waals surface area contributed by atoms with Crippen molar-refractivity contribution in [2.75, 3.05) is 6.79 Å². The minimum Gasteiger partial charge on any atom is -0.487 e. The monoisotopic (exact) mass is 388 g/mol. The molecule has 0 atom stereocenters. The van der Waals surface area contributed by atoms with Crippen molar-refractivity contribution in [3.05, 3.63) is 89.8 Å². The van der Waals surface area contributed by atoms with Crippen molar-refractivity contribution in [3.8, 4) is 17.2 Å². The van der Waals surface area contributed by atoms with E-state index in [0.29, 0.717) is 18.9 Å². The number of carbonyl (C=O) groups excluding carboxylic acids is 1. The Morgan fingerprint density at radius 1 is 1.07 bits per heavy atom. The van der Waals surface area contributed by atoms with E-state index in [0.717, 1.165) is 28.3 Å². The van der Waals surface area contributed by atoms with Crippen LogP contribution >= 0.6 is 0 Å². The van der Waals surface area contributed by atoms with Crippen LogP contribution in [0.5, 0.6) is 17.2 Å². The highest BCUT2D eigenvalue weighted by Crippen LogP contribution is 2.32. The van der Waals surface area contributed by atoms with E-state index in [2.05, 4.69) is 10.3 Å². The summed E-state index contributed by atoms with van der Waals surface area (Å²) in [5.41, 5.74) is 2.73. The minimum absolute atomic E-state index is 0.168. The number of hydrogen-bond donors (Lipinski definition) is 1. The number of aromatic nitrogens is 1. The van der Waals surface area contributed by atoms with Gasteiger partial charge in [-0.05, 0) is 53.6 Å². The van der Waals surface area contributed by atoms with Gasteiger partial charge < -0.3 is 19.5 Å². The van der Waals surface area contributed by atoms with E-state index in [9.17, 15) is 4.79 Å². The van der Waals surface area contributed by atoms with E-state index < -0.39 is 0 Å². The molecule has 1 aliphatic heterocycles. The Morgan fingerprint density at radius 3 is 2.76 bits per heavy atom. The molecule has 4 rings (SSSR count). The molecule has 6 nitrogen and oxygen atoms in total. The van der Waals surface area contributed by atoms with Gasteiger partial charge in [-0.3, -0.25) is 9.78 Å². The van der Waals surface area contributed by atoms with Crippen molar-refractivity contribution in [2.24, 2.45) is 0 Å². The Kier molecular flexibility index (Phi) is 5.71. The largest absolute Gasteiger partial charge is 0.487 e. The zero-order valence-corrected chi connectivity index (χ0v) is 15.7. The van der Waals surface area contributed by atoms with Gasteiger partial charge in [-0.1, -0.05) is 24.3 Å². The van der Waals surface area contributed by atoms with Gasteiger partial charge in [-0.15, -0.1) is 0 Å². The summed E-state index contributed by atoms with van der Waals surface area (Å²) in [7, 11) is 0. The van der Waals surface area contributed by atoms with Gasteiger partial charge in [0, 0.05) is 18.8 Å². The van der Waals surface area contributed by atoms with Gasteiger partial charge in [0.05, 0.1) is 5.69 Å². The second-order valence-corrected chi connectivity index (χ2v) is 6.42. The average Bonchev–Trinajstić information content (AvgIpc) is 3.24. The molecule has 1 N–H and O–H groups in total. The lowest BCUT2D eigenvalue weighted by molar-refractivity contribution is -0.116. The topological polar surface area (TPSA) is 69.7 Å². The van der Waals surface area contributed by atoms with Crippen LogP contribution in [-0.4, -0.2) is 17.7 Å². The SMILES string of the molecule is O=C(/C=C/c1ccc(OCc2ccccn2)cc1)NCc1ccc2c(c1)OCO2. The molecule has 0 aliphatic carbocycles. The van der Waals surface area contributed by atoms with E-state index in [1.165, 1.54) is 6.08 Å². The Morgan fingerprint density at radius 2 is 1.93 bits per heavy atom. The molecule has 0 fully saturated rings. The molecule has 1 aromatic heterocycles. The summed E-state index contributed by atoms with van der Waals surface area (Å²) in [6.45, 7) is 1.07. The molecular formula is C23H20N2O4. The molecule has 1 amide bonds. The van der Waals surface area contributed by atoms with E-state index in [1.807, 2.05) is 60.7 Å². The third-order valence-corrected chi connectivity index (χ3v) is 4.32. The standard InChI is InChI=1S/C23H20N2O4/c26-23(25-14-18-6-10-21-22(13-18)29-16-28-21)11-7-17-4-8-20(9-5-17)27-15-19-3-1-2-12-24-19/h1-13H,14-16H2,(H,25,26)/b11-7+. The van der Waals surface area contributed by atoms with E-state index in [-0.39, 0.29) is 12.7 Å². The molecule has 0 radical (unpaired) electrons.